The van der Waals surface area contributed by atoms with E-state index in [1.165, 1.54) is 12.1 Å². The Hall–Kier alpha value is -2.36. The van der Waals surface area contributed by atoms with Crippen LogP contribution in [-0.2, 0) is 0 Å². The second kappa shape index (κ2) is 7.94. The van der Waals surface area contributed by atoms with Crippen LogP contribution in [0.15, 0.2) is 30.3 Å². The Morgan fingerprint density at radius 2 is 2.21 bits per heavy atom. The lowest BCUT2D eigenvalue weighted by atomic mass is 9.91. The fourth-order valence-corrected chi connectivity index (χ4v) is 4.36. The number of H-pyrrole nitrogens is 1. The minimum Gasteiger partial charge on any atom is -0.396 e. The van der Waals surface area contributed by atoms with E-state index in [-0.39, 0.29) is 34.3 Å². The van der Waals surface area contributed by atoms with Crippen molar-refractivity contribution in [2.75, 3.05) is 18.5 Å². The number of anilines is 1. The number of aliphatic hydroxyl groups is 1. The smallest absolute Gasteiger partial charge is 0.272 e. The molecule has 0 saturated carbocycles. The molecule has 0 aliphatic carbocycles. The van der Waals surface area contributed by atoms with Crippen molar-refractivity contribution in [1.29, 1.82) is 0 Å². The molecule has 2 aromatic heterocycles. The maximum Gasteiger partial charge on any atom is 0.272 e. The van der Waals surface area contributed by atoms with Crippen LogP contribution in [0, 0.1) is 0 Å². The number of halogens is 2. The van der Waals surface area contributed by atoms with Crippen LogP contribution >= 0.6 is 11.3 Å². The van der Waals surface area contributed by atoms with Gasteiger partial charge in [0.25, 0.3) is 12.3 Å². The summed E-state index contributed by atoms with van der Waals surface area (Å²) in [4.78, 5) is 19.7. The van der Waals surface area contributed by atoms with Crippen molar-refractivity contribution in [3.05, 3.63) is 45.6 Å². The van der Waals surface area contributed by atoms with Crippen molar-refractivity contribution in [3.8, 4) is 0 Å². The number of hydrogen-bond donors (Lipinski definition) is 4. The molecule has 0 bridgehead atoms. The number of hydrogen-bond acceptors (Lipinski definition) is 5. The van der Waals surface area contributed by atoms with Gasteiger partial charge in [-0.3, -0.25) is 10.1 Å². The lowest BCUT2D eigenvalue weighted by Gasteiger charge is -2.22. The molecule has 148 valence electrons. The van der Waals surface area contributed by atoms with Gasteiger partial charge in [-0.1, -0.05) is 6.07 Å². The summed E-state index contributed by atoms with van der Waals surface area (Å²) in [6.07, 6.45) is -0.473. The number of imidazole rings is 1. The molecule has 3 aromatic rings. The van der Waals surface area contributed by atoms with Crippen molar-refractivity contribution >= 4 is 34.2 Å². The number of carbonyl (C=O) groups excluding carboxylic acids is 1. The molecule has 0 radical (unpaired) electrons. The summed E-state index contributed by atoms with van der Waals surface area (Å²) >= 11 is 0.760. The Balaban J connectivity index is 1.53. The number of carbonyl (C=O) groups is 1. The van der Waals surface area contributed by atoms with E-state index in [0.29, 0.717) is 5.52 Å². The maximum atomic E-state index is 12.7. The first-order valence-corrected chi connectivity index (χ1v) is 9.90. The monoisotopic (exact) mass is 406 g/mol. The van der Waals surface area contributed by atoms with Gasteiger partial charge in [-0.2, -0.15) is 0 Å². The number of thiophene rings is 1. The van der Waals surface area contributed by atoms with Gasteiger partial charge in [-0.05, 0) is 49.2 Å². The van der Waals surface area contributed by atoms with Crippen molar-refractivity contribution in [1.82, 2.24) is 15.3 Å². The zero-order valence-electron chi connectivity index (χ0n) is 14.9. The molecule has 3 heterocycles. The van der Waals surface area contributed by atoms with Gasteiger partial charge in [0.1, 0.15) is 0 Å². The standard InChI is InChI=1S/C19H20F2N4O2S/c20-17(21)15-5-6-16(28-15)18(27)25-19-23-13-4-3-10(8-14(13)24-19)11(9-26)12-2-1-7-22-12/h3-6,8,11-12,17,22,26H,1-2,7,9H2,(H2,23,24,25,27)/t11?,12-/m1/s1. The number of nitrogens with one attached hydrogen (secondary N) is 3. The summed E-state index contributed by atoms with van der Waals surface area (Å²) in [5, 5.41) is 15.9. The van der Waals surface area contributed by atoms with Gasteiger partial charge in [0.2, 0.25) is 5.95 Å². The minimum absolute atomic E-state index is 0.00729. The first kappa shape index (κ1) is 19.0. The predicted octanol–water partition coefficient (Wildman–Crippen LogP) is 3.64. The molecule has 1 aliphatic rings. The van der Waals surface area contributed by atoms with E-state index in [9.17, 15) is 18.7 Å². The molecule has 4 N–H and O–H groups in total. The van der Waals surface area contributed by atoms with Gasteiger partial charge in [0, 0.05) is 12.0 Å². The van der Waals surface area contributed by atoms with Gasteiger partial charge >= 0.3 is 0 Å². The van der Waals surface area contributed by atoms with Crippen molar-refractivity contribution in [2.24, 2.45) is 0 Å². The van der Waals surface area contributed by atoms with E-state index in [0.717, 1.165) is 41.8 Å². The van der Waals surface area contributed by atoms with E-state index >= 15 is 0 Å². The van der Waals surface area contributed by atoms with E-state index in [4.69, 9.17) is 0 Å². The number of nitrogens with zero attached hydrogens (tertiary/aromatic N) is 1. The summed E-state index contributed by atoms with van der Waals surface area (Å²) < 4.78 is 25.4. The van der Waals surface area contributed by atoms with E-state index in [1.54, 1.807) is 0 Å². The molecular weight excluding hydrogens is 386 g/mol. The second-order valence-electron chi connectivity index (χ2n) is 6.81. The summed E-state index contributed by atoms with van der Waals surface area (Å²) in [5.74, 6) is -0.240. The second-order valence-corrected chi connectivity index (χ2v) is 7.93. The molecule has 1 aliphatic heterocycles. The van der Waals surface area contributed by atoms with Crippen LogP contribution in [0.2, 0.25) is 0 Å². The molecule has 1 saturated heterocycles. The Morgan fingerprint density at radius 3 is 2.89 bits per heavy atom. The highest BCUT2D eigenvalue weighted by Crippen LogP contribution is 2.29. The third-order valence-electron chi connectivity index (χ3n) is 5.01. The van der Waals surface area contributed by atoms with Gasteiger partial charge in [0.15, 0.2) is 0 Å². The fraction of sp³-hybridized carbons (Fsp3) is 0.368. The number of aliphatic hydroxyl groups excluding tert-OH is 1. The van der Waals surface area contributed by atoms with E-state index in [2.05, 4.69) is 20.6 Å². The SMILES string of the molecule is O=C(Nc1nc2ccc(C(CO)[C@H]3CCCN3)cc2[nH]1)c1ccc(C(F)F)s1. The Kier molecular flexibility index (Phi) is 5.38. The van der Waals surface area contributed by atoms with Gasteiger partial charge in [0.05, 0.1) is 27.4 Å². The zero-order valence-corrected chi connectivity index (χ0v) is 15.7. The highest BCUT2D eigenvalue weighted by Gasteiger charge is 2.25. The quantitative estimate of drug-likeness (QED) is 0.503. The lowest BCUT2D eigenvalue weighted by molar-refractivity contribution is 0.103. The third kappa shape index (κ3) is 3.78. The molecule has 1 unspecified atom stereocenters. The van der Waals surface area contributed by atoms with Crippen molar-refractivity contribution in [3.63, 3.8) is 0 Å². The number of fused-ring (bicyclic) bond motifs is 1. The highest BCUT2D eigenvalue weighted by molar-refractivity contribution is 7.14. The molecule has 0 spiro atoms. The number of rotatable bonds is 6. The third-order valence-corrected chi connectivity index (χ3v) is 6.10. The normalized spacial score (nSPS) is 18.1. The molecule has 4 rings (SSSR count). The predicted molar refractivity (Wildman–Crippen MR) is 104 cm³/mol. The zero-order chi connectivity index (χ0) is 19.7. The van der Waals surface area contributed by atoms with Crippen LogP contribution in [0.5, 0.6) is 0 Å². The number of amides is 1. The largest absolute Gasteiger partial charge is 0.396 e. The number of aromatic amines is 1. The van der Waals surface area contributed by atoms with Gasteiger partial charge in [-0.15, -0.1) is 11.3 Å². The maximum absolute atomic E-state index is 12.7. The van der Waals surface area contributed by atoms with E-state index in [1.807, 2.05) is 18.2 Å². The Morgan fingerprint density at radius 1 is 1.36 bits per heavy atom. The van der Waals surface area contributed by atoms with E-state index < -0.39 is 12.3 Å². The summed E-state index contributed by atoms with van der Waals surface area (Å²) in [6, 6.07) is 8.58. The number of aromatic nitrogens is 2. The van der Waals surface area contributed by atoms with Crippen LogP contribution in [-0.4, -0.2) is 40.2 Å². The fourth-order valence-electron chi connectivity index (χ4n) is 3.60. The molecule has 9 heteroatoms. The van der Waals surface area contributed by atoms with Crippen LogP contribution in [0.1, 0.15) is 45.3 Å². The van der Waals surface area contributed by atoms with Gasteiger partial charge in [-0.25, -0.2) is 13.8 Å². The van der Waals surface area contributed by atoms with Crippen molar-refractivity contribution in [2.45, 2.75) is 31.2 Å². The number of benzene rings is 1. The molecule has 28 heavy (non-hydrogen) atoms. The van der Waals surface area contributed by atoms with Crippen LogP contribution in [0.4, 0.5) is 14.7 Å². The van der Waals surface area contributed by atoms with Crippen LogP contribution in [0.25, 0.3) is 11.0 Å². The topological polar surface area (TPSA) is 90.0 Å². The minimum atomic E-state index is -2.59. The van der Waals surface area contributed by atoms with Crippen LogP contribution < -0.4 is 10.6 Å². The van der Waals surface area contributed by atoms with Gasteiger partial charge < -0.3 is 15.4 Å². The summed E-state index contributed by atoms with van der Waals surface area (Å²) in [7, 11) is 0. The lowest BCUT2D eigenvalue weighted by Crippen LogP contribution is -2.31. The van der Waals surface area contributed by atoms with Crippen LogP contribution in [0.3, 0.4) is 0 Å². The Labute approximate surface area is 164 Å². The molecule has 1 fully saturated rings. The first-order valence-electron chi connectivity index (χ1n) is 9.08. The summed E-state index contributed by atoms with van der Waals surface area (Å²) in [5.41, 5.74) is 2.41. The van der Waals surface area contributed by atoms with Crippen molar-refractivity contribution < 1.29 is 18.7 Å². The number of alkyl halides is 2. The first-order chi connectivity index (χ1) is 13.5. The average molecular weight is 406 g/mol. The summed E-state index contributed by atoms with van der Waals surface area (Å²) in [6.45, 7) is 1.01. The Bertz CT molecular complexity index is 981. The average Bonchev–Trinajstić information content (AvgIpc) is 3.42. The molecule has 6 nitrogen and oxygen atoms in total. The molecule has 1 aromatic carbocycles. The molecular formula is C19H20F2N4O2S. The molecule has 2 atom stereocenters. The molecule has 1 amide bonds. The highest BCUT2D eigenvalue weighted by atomic mass is 32.1.